The molecule has 0 saturated heterocycles. The van der Waals surface area contributed by atoms with Crippen LogP contribution in [-0.2, 0) is 22.6 Å². The Labute approximate surface area is 316 Å². The van der Waals surface area contributed by atoms with Crippen molar-refractivity contribution in [1.29, 1.82) is 0 Å². The number of hydrogen-bond acceptors (Lipinski definition) is 5. The first-order valence-electron chi connectivity index (χ1n) is 20.2. The first-order valence-corrected chi connectivity index (χ1v) is 20.2. The Balaban J connectivity index is 1.14. The molecule has 0 spiro atoms. The van der Waals surface area contributed by atoms with Crippen LogP contribution < -0.4 is 10.6 Å². The number of fused-ring (bicyclic) bond motifs is 5. The number of carbonyl (C=O) groups is 3. The number of halogens is 1. The van der Waals surface area contributed by atoms with Gasteiger partial charge in [-0.25, -0.2) is 9.18 Å². The molecule has 4 aliphatic rings. The van der Waals surface area contributed by atoms with Gasteiger partial charge < -0.3 is 20.5 Å². The van der Waals surface area contributed by atoms with Crippen molar-refractivity contribution in [2.75, 3.05) is 7.11 Å². The van der Waals surface area contributed by atoms with Crippen molar-refractivity contribution in [2.45, 2.75) is 132 Å². The zero-order chi connectivity index (χ0) is 38.6. The number of methoxy groups -OCH3 is 1. The van der Waals surface area contributed by atoms with Crippen molar-refractivity contribution in [3.8, 4) is 0 Å². The Kier molecular flexibility index (Phi) is 10.7. The number of benzene rings is 2. The molecule has 9 atom stereocenters. The van der Waals surface area contributed by atoms with Gasteiger partial charge in [0.1, 0.15) is 5.82 Å². The van der Waals surface area contributed by atoms with E-state index in [9.17, 15) is 23.9 Å². The van der Waals surface area contributed by atoms with Gasteiger partial charge in [-0.1, -0.05) is 67.0 Å². The van der Waals surface area contributed by atoms with E-state index in [-0.39, 0.29) is 63.2 Å². The van der Waals surface area contributed by atoms with Gasteiger partial charge in [-0.15, -0.1) is 0 Å². The highest BCUT2D eigenvalue weighted by Crippen LogP contribution is 2.75. The maximum absolute atomic E-state index is 14.5. The van der Waals surface area contributed by atoms with Crippen molar-refractivity contribution in [2.24, 2.45) is 50.7 Å². The molecule has 0 radical (unpaired) electrons. The van der Waals surface area contributed by atoms with Crippen LogP contribution in [0.3, 0.4) is 0 Å². The van der Waals surface area contributed by atoms with Crippen LogP contribution in [0.1, 0.15) is 145 Å². The van der Waals surface area contributed by atoms with Crippen LogP contribution in [0, 0.1) is 56.6 Å². The summed E-state index contributed by atoms with van der Waals surface area (Å²) in [6.45, 7) is 17.1. The summed E-state index contributed by atoms with van der Waals surface area (Å²) in [6, 6.07) is 11.1. The summed E-state index contributed by atoms with van der Waals surface area (Å²) in [6.07, 6.45) is 10.2. The van der Waals surface area contributed by atoms with E-state index in [1.807, 2.05) is 6.07 Å². The van der Waals surface area contributed by atoms with Gasteiger partial charge in [-0.2, -0.15) is 0 Å². The Morgan fingerprint density at radius 3 is 2.32 bits per heavy atom. The monoisotopic (exact) mass is 730 g/mol. The molecule has 8 heteroatoms. The largest absolute Gasteiger partial charge is 0.465 e. The van der Waals surface area contributed by atoms with Gasteiger partial charge >= 0.3 is 5.97 Å². The smallest absolute Gasteiger partial charge is 0.337 e. The molecule has 3 N–H and O–H groups in total. The average Bonchev–Trinajstić information content (AvgIpc) is 3.13. The number of amides is 2. The predicted octanol–water partition coefficient (Wildman–Crippen LogP) is 9.01. The molecule has 0 aliphatic heterocycles. The van der Waals surface area contributed by atoms with Crippen molar-refractivity contribution in [3.05, 3.63) is 70.5 Å². The van der Waals surface area contributed by atoms with Crippen molar-refractivity contribution in [1.82, 2.24) is 10.6 Å². The van der Waals surface area contributed by atoms with Crippen LogP contribution in [0.25, 0.3) is 0 Å². The molecule has 2 aromatic rings. The highest BCUT2D eigenvalue weighted by atomic mass is 19.1. The van der Waals surface area contributed by atoms with Crippen molar-refractivity contribution >= 4 is 17.8 Å². The van der Waals surface area contributed by atoms with E-state index in [0.29, 0.717) is 29.9 Å². The molecular formula is C45H63FN2O5. The molecule has 0 aromatic heterocycles. The van der Waals surface area contributed by atoms with Crippen LogP contribution in [0.4, 0.5) is 4.39 Å². The van der Waals surface area contributed by atoms with Gasteiger partial charge in [0, 0.05) is 24.2 Å². The minimum atomic E-state index is -0.575. The number of rotatable bonds is 9. The summed E-state index contributed by atoms with van der Waals surface area (Å²) in [7, 11) is 1.26. The van der Waals surface area contributed by atoms with Gasteiger partial charge in [-0.05, 0) is 139 Å². The Morgan fingerprint density at radius 1 is 0.849 bits per heavy atom. The topological polar surface area (TPSA) is 105 Å². The highest BCUT2D eigenvalue weighted by molar-refractivity contribution is 5.94. The quantitative estimate of drug-likeness (QED) is 0.224. The van der Waals surface area contributed by atoms with Crippen LogP contribution in [-0.4, -0.2) is 36.1 Å². The number of ether oxygens (including phenoxy) is 1. The first-order chi connectivity index (χ1) is 25.0. The molecule has 53 heavy (non-hydrogen) atoms. The maximum atomic E-state index is 14.5. The molecule has 2 aromatic carbocycles. The summed E-state index contributed by atoms with van der Waals surface area (Å²) < 4.78 is 19.2. The van der Waals surface area contributed by atoms with E-state index in [2.05, 4.69) is 59.1 Å². The Hall–Kier alpha value is -3.26. The predicted molar refractivity (Wildman–Crippen MR) is 205 cm³/mol. The summed E-state index contributed by atoms with van der Waals surface area (Å²) in [5, 5.41) is 17.1. The lowest BCUT2D eigenvalue weighted by molar-refractivity contribution is -0.246. The van der Waals surface area contributed by atoms with E-state index in [0.717, 1.165) is 50.5 Å². The van der Waals surface area contributed by atoms with E-state index in [4.69, 9.17) is 4.74 Å². The van der Waals surface area contributed by atoms with Gasteiger partial charge in [0.25, 0.3) is 5.91 Å². The summed E-state index contributed by atoms with van der Waals surface area (Å²) in [4.78, 5) is 39.5. The SMILES string of the molecule is CCCC1(C(=O)NCc2cccc(C(=O)NCc3cc(C(=O)OC)ccc3F)c2)CC[C@]2(C)C(CCC3C4(C)CCC(O)C(C)(C)C4CCC32C)C1C. The van der Waals surface area contributed by atoms with Crippen molar-refractivity contribution < 1.29 is 28.6 Å². The minimum Gasteiger partial charge on any atom is -0.465 e. The Morgan fingerprint density at radius 2 is 1.60 bits per heavy atom. The van der Waals surface area contributed by atoms with Crippen molar-refractivity contribution in [3.63, 3.8) is 0 Å². The molecule has 6 rings (SSSR count). The van der Waals surface area contributed by atoms with E-state index < -0.39 is 17.2 Å². The average molecular weight is 731 g/mol. The number of aliphatic hydroxyl groups excluding tert-OH is 1. The third-order valence-electron chi connectivity index (χ3n) is 16.2. The van der Waals surface area contributed by atoms with E-state index in [1.54, 1.807) is 18.2 Å². The van der Waals surface area contributed by atoms with Crippen LogP contribution in [0.15, 0.2) is 42.5 Å². The van der Waals surface area contributed by atoms with Crippen LogP contribution >= 0.6 is 0 Å². The first kappa shape index (κ1) is 39.4. The summed E-state index contributed by atoms with van der Waals surface area (Å²) in [5.41, 5.74) is 1.68. The molecule has 2 amide bonds. The van der Waals surface area contributed by atoms with Gasteiger partial charge in [-0.3, -0.25) is 9.59 Å². The van der Waals surface area contributed by atoms with E-state index in [1.165, 1.54) is 44.6 Å². The maximum Gasteiger partial charge on any atom is 0.337 e. The highest BCUT2D eigenvalue weighted by Gasteiger charge is 2.69. The zero-order valence-corrected chi connectivity index (χ0v) is 33.4. The molecule has 0 bridgehead atoms. The molecule has 290 valence electrons. The number of carbonyl (C=O) groups excluding carboxylic acids is 3. The second-order valence-corrected chi connectivity index (χ2v) is 18.6. The number of nitrogens with one attached hydrogen (secondary N) is 2. The molecule has 4 saturated carbocycles. The lowest BCUT2D eigenvalue weighted by Crippen LogP contribution is -2.67. The van der Waals surface area contributed by atoms with Gasteiger partial charge in [0.05, 0.1) is 24.2 Å². The molecule has 7 nitrogen and oxygen atoms in total. The Bertz CT molecular complexity index is 1730. The number of hydrogen-bond donors (Lipinski definition) is 3. The number of aliphatic hydroxyl groups is 1. The number of esters is 1. The summed E-state index contributed by atoms with van der Waals surface area (Å²) in [5.74, 6) is 0.501. The summed E-state index contributed by atoms with van der Waals surface area (Å²) >= 11 is 0. The molecule has 0 heterocycles. The lowest BCUT2D eigenvalue weighted by atomic mass is 9.32. The lowest BCUT2D eigenvalue weighted by Gasteiger charge is -2.72. The minimum absolute atomic E-state index is 0.0669. The molecule has 4 aliphatic carbocycles. The van der Waals surface area contributed by atoms with Gasteiger partial charge in [0.2, 0.25) is 5.91 Å². The normalized spacial score (nSPS) is 35.9. The third kappa shape index (κ3) is 6.42. The van der Waals surface area contributed by atoms with Crippen LogP contribution in [0.2, 0.25) is 0 Å². The fourth-order valence-electron chi connectivity index (χ4n) is 13.0. The second kappa shape index (κ2) is 14.4. The molecule has 4 fully saturated rings. The fraction of sp³-hybridized carbons (Fsp3) is 0.667. The van der Waals surface area contributed by atoms with Crippen LogP contribution in [0.5, 0.6) is 0 Å². The standard InChI is InChI=1S/C45H63FN2O5/c1-9-19-45(40(52)48-26-29-11-10-12-30(24-29)38(50)47-27-32-25-31(39(51)53-8)13-15-34(32)46)23-22-43(6)33(28(45)2)14-16-36-42(5)20-18-37(49)41(3,4)35(42)17-21-44(36,43)7/h10-13,15,24-25,28,33,35-37,49H,9,14,16-23,26-27H2,1-8H3,(H,47,50)(H,48,52)/t28?,33?,35?,36?,37?,42?,43-,44?,45?/m1/s1. The zero-order valence-electron chi connectivity index (χ0n) is 33.4. The second-order valence-electron chi connectivity index (χ2n) is 18.6. The molecular weight excluding hydrogens is 668 g/mol. The molecule has 8 unspecified atom stereocenters. The third-order valence-corrected chi connectivity index (χ3v) is 16.2. The fourth-order valence-corrected chi connectivity index (χ4v) is 13.0. The van der Waals surface area contributed by atoms with E-state index >= 15 is 0 Å². The van der Waals surface area contributed by atoms with Gasteiger partial charge in [0.15, 0.2) is 0 Å².